The molecule has 0 fully saturated rings. The van der Waals surface area contributed by atoms with Crippen LogP contribution in [0.2, 0.25) is 0 Å². The molecule has 1 N–H and O–H groups in total. The molecule has 0 aliphatic heterocycles. The molecule has 2 heteroatoms. The number of nitrogens with one attached hydrogen (secondary N) is 1. The summed E-state index contributed by atoms with van der Waals surface area (Å²) in [7, 11) is 0. The summed E-state index contributed by atoms with van der Waals surface area (Å²) in [5.41, 5.74) is 2.96. The molecule has 0 saturated heterocycles. The van der Waals surface area contributed by atoms with Crippen LogP contribution in [0.1, 0.15) is 38.8 Å². The Morgan fingerprint density at radius 3 is 2.33 bits per heavy atom. The van der Waals surface area contributed by atoms with Crippen molar-refractivity contribution in [3.63, 3.8) is 0 Å². The summed E-state index contributed by atoms with van der Waals surface area (Å²) in [5, 5.41) is 3.40. The van der Waals surface area contributed by atoms with E-state index in [2.05, 4.69) is 62.2 Å². The fourth-order valence-corrected chi connectivity index (χ4v) is 2.23. The zero-order chi connectivity index (χ0) is 13.4. The summed E-state index contributed by atoms with van der Waals surface area (Å²) in [6.45, 7) is 13.2. The second-order valence-electron chi connectivity index (χ2n) is 5.03. The molecule has 0 amide bonds. The SMILES string of the molecule is CCNCCc1ccccc1CN(CC)C(C)C. The van der Waals surface area contributed by atoms with Gasteiger partial charge in [-0.15, -0.1) is 0 Å². The Hall–Kier alpha value is -0.860. The average molecular weight is 248 g/mol. The van der Waals surface area contributed by atoms with E-state index in [1.54, 1.807) is 0 Å². The maximum atomic E-state index is 3.40. The van der Waals surface area contributed by atoms with Crippen LogP contribution in [0.15, 0.2) is 24.3 Å². The van der Waals surface area contributed by atoms with Crippen molar-refractivity contribution < 1.29 is 0 Å². The molecule has 2 nitrogen and oxygen atoms in total. The Balaban J connectivity index is 2.68. The van der Waals surface area contributed by atoms with Gasteiger partial charge in [0.1, 0.15) is 0 Å². The third-order valence-corrected chi connectivity index (χ3v) is 3.45. The van der Waals surface area contributed by atoms with Crippen LogP contribution in [0.3, 0.4) is 0 Å². The van der Waals surface area contributed by atoms with Crippen molar-refractivity contribution in [1.82, 2.24) is 10.2 Å². The van der Waals surface area contributed by atoms with Gasteiger partial charge in [0, 0.05) is 12.6 Å². The van der Waals surface area contributed by atoms with E-state index in [0.29, 0.717) is 6.04 Å². The van der Waals surface area contributed by atoms with E-state index in [1.807, 2.05) is 0 Å². The van der Waals surface area contributed by atoms with E-state index in [0.717, 1.165) is 32.6 Å². The predicted molar refractivity (Wildman–Crippen MR) is 79.9 cm³/mol. The van der Waals surface area contributed by atoms with Gasteiger partial charge in [0.2, 0.25) is 0 Å². The fourth-order valence-electron chi connectivity index (χ4n) is 2.23. The molecule has 0 saturated carbocycles. The Labute approximate surface area is 112 Å². The average Bonchev–Trinajstić information content (AvgIpc) is 2.37. The molecular formula is C16H28N2. The molecule has 0 aromatic heterocycles. The normalized spacial score (nSPS) is 11.4. The number of rotatable bonds is 8. The van der Waals surface area contributed by atoms with Crippen molar-refractivity contribution in [2.75, 3.05) is 19.6 Å². The minimum absolute atomic E-state index is 0.608. The van der Waals surface area contributed by atoms with Gasteiger partial charge in [-0.2, -0.15) is 0 Å². The number of benzene rings is 1. The minimum atomic E-state index is 0.608. The van der Waals surface area contributed by atoms with Crippen LogP contribution in [0, 0.1) is 0 Å². The van der Waals surface area contributed by atoms with Crippen LogP contribution >= 0.6 is 0 Å². The molecule has 0 atom stereocenters. The van der Waals surface area contributed by atoms with Crippen LogP contribution in [0.5, 0.6) is 0 Å². The predicted octanol–water partition coefficient (Wildman–Crippen LogP) is 3.07. The molecule has 1 aromatic rings. The Kier molecular flexibility index (Phi) is 6.99. The van der Waals surface area contributed by atoms with E-state index in [-0.39, 0.29) is 0 Å². The molecule has 18 heavy (non-hydrogen) atoms. The van der Waals surface area contributed by atoms with Crippen molar-refractivity contribution in [2.45, 2.75) is 46.7 Å². The van der Waals surface area contributed by atoms with Gasteiger partial charge in [0.25, 0.3) is 0 Å². The Bertz CT molecular complexity index is 334. The zero-order valence-electron chi connectivity index (χ0n) is 12.4. The van der Waals surface area contributed by atoms with Crippen molar-refractivity contribution in [2.24, 2.45) is 0 Å². The molecular weight excluding hydrogens is 220 g/mol. The number of nitrogens with zero attached hydrogens (tertiary/aromatic N) is 1. The number of hydrogen-bond donors (Lipinski definition) is 1. The Morgan fingerprint density at radius 1 is 1.11 bits per heavy atom. The van der Waals surface area contributed by atoms with Gasteiger partial charge in [-0.3, -0.25) is 4.90 Å². The highest BCUT2D eigenvalue weighted by atomic mass is 15.1. The highest BCUT2D eigenvalue weighted by molar-refractivity contribution is 5.27. The first-order valence-corrected chi connectivity index (χ1v) is 7.20. The van der Waals surface area contributed by atoms with Crippen molar-refractivity contribution >= 4 is 0 Å². The van der Waals surface area contributed by atoms with Gasteiger partial charge in [0.15, 0.2) is 0 Å². The maximum Gasteiger partial charge on any atom is 0.0239 e. The van der Waals surface area contributed by atoms with Gasteiger partial charge in [-0.05, 0) is 51.0 Å². The van der Waals surface area contributed by atoms with Crippen molar-refractivity contribution in [3.05, 3.63) is 35.4 Å². The minimum Gasteiger partial charge on any atom is -0.317 e. The summed E-state index contributed by atoms with van der Waals surface area (Å²) in [4.78, 5) is 2.51. The molecule has 0 unspecified atom stereocenters. The van der Waals surface area contributed by atoms with Crippen LogP contribution in [-0.2, 0) is 13.0 Å². The standard InChI is InChI=1S/C16H28N2/c1-5-17-12-11-15-9-7-8-10-16(15)13-18(6-2)14(3)4/h7-10,14,17H,5-6,11-13H2,1-4H3. The molecule has 0 heterocycles. The van der Waals surface area contributed by atoms with Crippen LogP contribution in [0.4, 0.5) is 0 Å². The van der Waals surface area contributed by atoms with Crippen molar-refractivity contribution in [1.29, 1.82) is 0 Å². The van der Waals surface area contributed by atoms with Gasteiger partial charge in [-0.25, -0.2) is 0 Å². The van der Waals surface area contributed by atoms with Crippen LogP contribution in [-0.4, -0.2) is 30.6 Å². The lowest BCUT2D eigenvalue weighted by Crippen LogP contribution is -2.30. The summed E-state index contributed by atoms with van der Waals surface area (Å²) < 4.78 is 0. The highest BCUT2D eigenvalue weighted by Crippen LogP contribution is 2.14. The maximum absolute atomic E-state index is 3.40. The largest absolute Gasteiger partial charge is 0.317 e. The second kappa shape index (κ2) is 8.28. The first kappa shape index (κ1) is 15.2. The molecule has 1 aromatic carbocycles. The third kappa shape index (κ3) is 4.79. The highest BCUT2D eigenvalue weighted by Gasteiger charge is 2.10. The van der Waals surface area contributed by atoms with Gasteiger partial charge in [-0.1, -0.05) is 38.1 Å². The molecule has 0 bridgehead atoms. The lowest BCUT2D eigenvalue weighted by atomic mass is 10.0. The van der Waals surface area contributed by atoms with Crippen molar-refractivity contribution in [3.8, 4) is 0 Å². The number of likely N-dealkylation sites (N-methyl/N-ethyl adjacent to an activating group) is 1. The molecule has 102 valence electrons. The zero-order valence-corrected chi connectivity index (χ0v) is 12.4. The summed E-state index contributed by atoms with van der Waals surface area (Å²) in [6.07, 6.45) is 1.12. The second-order valence-corrected chi connectivity index (χ2v) is 5.03. The van der Waals surface area contributed by atoms with Crippen LogP contribution in [0.25, 0.3) is 0 Å². The van der Waals surface area contributed by atoms with Gasteiger partial charge >= 0.3 is 0 Å². The quantitative estimate of drug-likeness (QED) is 0.711. The van der Waals surface area contributed by atoms with E-state index >= 15 is 0 Å². The smallest absolute Gasteiger partial charge is 0.0239 e. The lowest BCUT2D eigenvalue weighted by Gasteiger charge is -2.26. The summed E-state index contributed by atoms with van der Waals surface area (Å²) in [5.74, 6) is 0. The van der Waals surface area contributed by atoms with E-state index < -0.39 is 0 Å². The lowest BCUT2D eigenvalue weighted by molar-refractivity contribution is 0.224. The first-order valence-electron chi connectivity index (χ1n) is 7.20. The topological polar surface area (TPSA) is 15.3 Å². The molecule has 0 aliphatic carbocycles. The summed E-state index contributed by atoms with van der Waals surface area (Å²) >= 11 is 0. The fraction of sp³-hybridized carbons (Fsp3) is 0.625. The third-order valence-electron chi connectivity index (χ3n) is 3.45. The van der Waals surface area contributed by atoms with Crippen LogP contribution < -0.4 is 5.32 Å². The van der Waals surface area contributed by atoms with E-state index in [4.69, 9.17) is 0 Å². The van der Waals surface area contributed by atoms with E-state index in [9.17, 15) is 0 Å². The molecule has 0 radical (unpaired) electrons. The molecule has 1 rings (SSSR count). The van der Waals surface area contributed by atoms with E-state index in [1.165, 1.54) is 11.1 Å². The molecule has 0 spiro atoms. The first-order chi connectivity index (χ1) is 8.69. The van der Waals surface area contributed by atoms with Gasteiger partial charge in [0.05, 0.1) is 0 Å². The Morgan fingerprint density at radius 2 is 1.78 bits per heavy atom. The monoisotopic (exact) mass is 248 g/mol. The number of hydrogen-bond acceptors (Lipinski definition) is 2. The van der Waals surface area contributed by atoms with Gasteiger partial charge < -0.3 is 5.32 Å². The summed E-state index contributed by atoms with van der Waals surface area (Å²) in [6, 6.07) is 9.45. The molecule has 0 aliphatic rings.